The molecule has 0 aromatic carbocycles. The third kappa shape index (κ3) is 3.46. The van der Waals surface area contributed by atoms with E-state index in [0.717, 1.165) is 25.9 Å². The van der Waals surface area contributed by atoms with E-state index in [-0.39, 0.29) is 5.57 Å². The van der Waals surface area contributed by atoms with E-state index in [1.165, 1.54) is 19.6 Å². The van der Waals surface area contributed by atoms with Crippen molar-refractivity contribution in [2.45, 2.75) is 26.2 Å². The molecule has 1 fully saturated rings. The lowest BCUT2D eigenvalue weighted by molar-refractivity contribution is -0.135. The first kappa shape index (κ1) is 10.1. The van der Waals surface area contributed by atoms with Crippen molar-refractivity contribution >= 4 is 5.97 Å². The number of piperidine rings is 1. The first-order valence-electron chi connectivity index (χ1n) is 4.52. The molecule has 1 heterocycles. The topological polar surface area (TPSA) is 49.8 Å². The highest BCUT2D eigenvalue weighted by Gasteiger charge is 2.10. The van der Waals surface area contributed by atoms with Crippen molar-refractivity contribution in [3.63, 3.8) is 0 Å². The molecule has 0 aromatic rings. The largest absolute Gasteiger partial charge is 0.478 e. The number of nitrogens with zero attached hydrogens (tertiary/aromatic N) is 1. The fraction of sp³-hybridized carbons (Fsp3) is 0.667. The third-order valence-electron chi connectivity index (χ3n) is 2.03. The van der Waals surface area contributed by atoms with Gasteiger partial charge in [-0.25, -0.2) is 4.79 Å². The normalized spacial score (nSPS) is 19.9. The van der Waals surface area contributed by atoms with E-state index in [0.29, 0.717) is 0 Å². The number of aliphatic carboxylic acids is 1. The lowest BCUT2D eigenvalue weighted by Gasteiger charge is -2.24. The van der Waals surface area contributed by atoms with Crippen molar-refractivity contribution < 1.29 is 14.7 Å². The highest BCUT2D eigenvalue weighted by atomic mass is 16.7. The zero-order valence-corrected chi connectivity index (χ0v) is 7.82. The monoisotopic (exact) mass is 185 g/mol. The Bertz CT molecular complexity index is 207. The number of carboxylic acid groups (broad SMARTS) is 1. The Morgan fingerprint density at radius 2 is 2.00 bits per heavy atom. The molecule has 0 saturated carbocycles. The maximum atomic E-state index is 10.4. The lowest BCUT2D eigenvalue weighted by atomic mass is 10.2. The molecule has 1 rings (SSSR count). The zero-order chi connectivity index (χ0) is 9.68. The molecule has 1 aliphatic heterocycles. The van der Waals surface area contributed by atoms with Gasteiger partial charge in [0.2, 0.25) is 0 Å². The highest BCUT2D eigenvalue weighted by Crippen LogP contribution is 2.09. The van der Waals surface area contributed by atoms with Gasteiger partial charge in [-0.1, -0.05) is 6.42 Å². The molecule has 0 radical (unpaired) electrons. The minimum absolute atomic E-state index is 0.227. The Morgan fingerprint density at radius 3 is 2.54 bits per heavy atom. The van der Waals surface area contributed by atoms with Gasteiger partial charge in [0.05, 0.1) is 5.57 Å². The molecule has 0 amide bonds. The zero-order valence-electron chi connectivity index (χ0n) is 7.82. The van der Waals surface area contributed by atoms with Crippen LogP contribution in [0.2, 0.25) is 0 Å². The molecule has 0 spiro atoms. The second-order valence-corrected chi connectivity index (χ2v) is 3.20. The Morgan fingerprint density at radius 1 is 1.38 bits per heavy atom. The average Bonchev–Trinajstić information content (AvgIpc) is 2.15. The van der Waals surface area contributed by atoms with Crippen molar-refractivity contribution in [3.8, 4) is 0 Å². The van der Waals surface area contributed by atoms with Crippen molar-refractivity contribution in [3.05, 3.63) is 11.8 Å². The Balaban J connectivity index is 2.31. The summed E-state index contributed by atoms with van der Waals surface area (Å²) in [6.07, 6.45) is 4.79. The van der Waals surface area contributed by atoms with E-state index in [4.69, 9.17) is 9.94 Å². The standard InChI is InChI=1S/C9H15NO3/c1-8(9(11)12)7-13-10-5-3-2-4-6-10/h7H,2-6H2,1H3,(H,11,12). The molecule has 0 atom stereocenters. The number of carboxylic acids is 1. The van der Waals surface area contributed by atoms with Crippen LogP contribution < -0.4 is 0 Å². The number of hydroxylamine groups is 2. The van der Waals surface area contributed by atoms with Crippen LogP contribution in [0, 0.1) is 0 Å². The minimum Gasteiger partial charge on any atom is -0.478 e. The van der Waals surface area contributed by atoms with Gasteiger partial charge in [0, 0.05) is 13.1 Å². The number of rotatable bonds is 3. The van der Waals surface area contributed by atoms with Gasteiger partial charge >= 0.3 is 5.97 Å². The number of hydrogen-bond donors (Lipinski definition) is 1. The molecule has 0 aromatic heterocycles. The van der Waals surface area contributed by atoms with Gasteiger partial charge in [0.1, 0.15) is 6.26 Å². The van der Waals surface area contributed by atoms with Crippen LogP contribution in [0.15, 0.2) is 11.8 Å². The van der Waals surface area contributed by atoms with Gasteiger partial charge in [0.15, 0.2) is 0 Å². The Labute approximate surface area is 77.7 Å². The fourth-order valence-electron chi connectivity index (χ4n) is 1.17. The summed E-state index contributed by atoms with van der Waals surface area (Å²) < 4.78 is 0. The van der Waals surface area contributed by atoms with E-state index in [9.17, 15) is 4.79 Å². The maximum Gasteiger partial charge on any atom is 0.334 e. The summed E-state index contributed by atoms with van der Waals surface area (Å²) in [6, 6.07) is 0. The SMILES string of the molecule is CC(=CON1CCCCC1)C(=O)O. The smallest absolute Gasteiger partial charge is 0.334 e. The molecule has 4 nitrogen and oxygen atoms in total. The van der Waals surface area contributed by atoms with Crippen molar-refractivity contribution in [1.82, 2.24) is 5.06 Å². The maximum absolute atomic E-state index is 10.4. The van der Waals surface area contributed by atoms with Crippen LogP contribution >= 0.6 is 0 Å². The third-order valence-corrected chi connectivity index (χ3v) is 2.03. The quantitative estimate of drug-likeness (QED) is 0.533. The predicted octanol–water partition coefficient (Wildman–Crippen LogP) is 1.39. The van der Waals surface area contributed by atoms with Crippen LogP contribution in [0.5, 0.6) is 0 Å². The van der Waals surface area contributed by atoms with Gasteiger partial charge < -0.3 is 9.94 Å². The van der Waals surface area contributed by atoms with Gasteiger partial charge in [0.25, 0.3) is 0 Å². The Hall–Kier alpha value is -1.03. The summed E-state index contributed by atoms with van der Waals surface area (Å²) in [5, 5.41) is 10.3. The molecule has 0 bridgehead atoms. The van der Waals surface area contributed by atoms with Crippen molar-refractivity contribution in [1.29, 1.82) is 0 Å². The van der Waals surface area contributed by atoms with Crippen LogP contribution in [0.1, 0.15) is 26.2 Å². The number of hydrogen-bond acceptors (Lipinski definition) is 3. The molecule has 1 N–H and O–H groups in total. The van der Waals surface area contributed by atoms with Crippen LogP contribution in [0.4, 0.5) is 0 Å². The van der Waals surface area contributed by atoms with Crippen molar-refractivity contribution in [2.75, 3.05) is 13.1 Å². The molecule has 1 saturated heterocycles. The average molecular weight is 185 g/mol. The van der Waals surface area contributed by atoms with Crippen LogP contribution in [-0.2, 0) is 9.63 Å². The van der Waals surface area contributed by atoms with Crippen LogP contribution in [0.3, 0.4) is 0 Å². The molecule has 13 heavy (non-hydrogen) atoms. The summed E-state index contributed by atoms with van der Waals surface area (Å²) in [5.41, 5.74) is 0.227. The van der Waals surface area contributed by atoms with E-state index in [1.54, 1.807) is 5.06 Å². The molecule has 0 aliphatic carbocycles. The minimum atomic E-state index is -0.933. The van der Waals surface area contributed by atoms with E-state index in [2.05, 4.69) is 0 Å². The molecule has 74 valence electrons. The first-order chi connectivity index (χ1) is 6.20. The van der Waals surface area contributed by atoms with Gasteiger partial charge in [-0.2, -0.15) is 0 Å². The fourth-order valence-corrected chi connectivity index (χ4v) is 1.17. The second-order valence-electron chi connectivity index (χ2n) is 3.20. The van der Waals surface area contributed by atoms with E-state index in [1.807, 2.05) is 0 Å². The van der Waals surface area contributed by atoms with Gasteiger partial charge in [-0.15, -0.1) is 5.06 Å². The van der Waals surface area contributed by atoms with Gasteiger partial charge in [-0.3, -0.25) is 0 Å². The second kappa shape index (κ2) is 4.87. The van der Waals surface area contributed by atoms with E-state index < -0.39 is 5.97 Å². The molecule has 0 unspecified atom stereocenters. The Kier molecular flexibility index (Phi) is 3.76. The molecular formula is C9H15NO3. The molecule has 4 heteroatoms. The van der Waals surface area contributed by atoms with Crippen LogP contribution in [-0.4, -0.2) is 29.2 Å². The number of carbonyl (C=O) groups is 1. The van der Waals surface area contributed by atoms with Crippen molar-refractivity contribution in [2.24, 2.45) is 0 Å². The summed E-state index contributed by atoms with van der Waals surface area (Å²) in [5.74, 6) is -0.933. The predicted molar refractivity (Wildman–Crippen MR) is 47.9 cm³/mol. The van der Waals surface area contributed by atoms with Crippen LogP contribution in [0.25, 0.3) is 0 Å². The molecule has 1 aliphatic rings. The first-order valence-corrected chi connectivity index (χ1v) is 4.52. The highest BCUT2D eigenvalue weighted by molar-refractivity contribution is 5.85. The summed E-state index contributed by atoms with van der Waals surface area (Å²) >= 11 is 0. The summed E-state index contributed by atoms with van der Waals surface area (Å²) in [6.45, 7) is 3.30. The van der Waals surface area contributed by atoms with E-state index >= 15 is 0 Å². The van der Waals surface area contributed by atoms with Gasteiger partial charge in [-0.05, 0) is 19.8 Å². The summed E-state index contributed by atoms with van der Waals surface area (Å²) in [7, 11) is 0. The summed E-state index contributed by atoms with van der Waals surface area (Å²) in [4.78, 5) is 15.6. The molecular weight excluding hydrogens is 170 g/mol. The lowest BCUT2D eigenvalue weighted by Crippen LogP contribution is -2.28.